The van der Waals surface area contributed by atoms with E-state index in [4.69, 9.17) is 0 Å². The van der Waals surface area contributed by atoms with E-state index in [-0.39, 0.29) is 22.1 Å². The zero-order chi connectivity index (χ0) is 32.7. The van der Waals surface area contributed by atoms with Crippen LogP contribution < -0.4 is 10.6 Å². The van der Waals surface area contributed by atoms with Crippen LogP contribution in [0.4, 0.5) is 24.8 Å². The third-order valence-electron chi connectivity index (χ3n) is 7.61. The molecule has 0 amide bonds. The summed E-state index contributed by atoms with van der Waals surface area (Å²) in [4.78, 5) is 15.2. The zero-order valence-electron chi connectivity index (χ0n) is 24.9. The lowest BCUT2D eigenvalue weighted by Gasteiger charge is -2.39. The van der Waals surface area contributed by atoms with Crippen LogP contribution >= 0.6 is 0 Å². The fourth-order valence-electron chi connectivity index (χ4n) is 5.36. The normalized spacial score (nSPS) is 20.4. The number of aromatic nitrogens is 7. The number of likely N-dealkylation sites (N-methyl/N-ethyl adjacent to an activating group) is 1. The molecule has 2 atom stereocenters. The minimum atomic E-state index is -4.65. The maximum absolute atomic E-state index is 13.0. The summed E-state index contributed by atoms with van der Waals surface area (Å²) >= 11 is 0. The van der Waals surface area contributed by atoms with Crippen molar-refractivity contribution in [3.63, 3.8) is 0 Å². The summed E-state index contributed by atoms with van der Waals surface area (Å²) in [6, 6.07) is 3.03. The van der Waals surface area contributed by atoms with E-state index < -0.39 is 27.2 Å². The van der Waals surface area contributed by atoms with Gasteiger partial charge < -0.3 is 20.6 Å². The van der Waals surface area contributed by atoms with E-state index in [0.717, 1.165) is 16.5 Å². The molecular formula is C29H31F3N10O3S. The second kappa shape index (κ2) is 12.1. The first-order chi connectivity index (χ1) is 21.8. The monoisotopic (exact) mass is 656 g/mol. The van der Waals surface area contributed by atoms with E-state index in [1.54, 1.807) is 12.1 Å². The number of aliphatic hydroxyl groups is 1. The first-order valence-electron chi connectivity index (χ1n) is 14.4. The summed E-state index contributed by atoms with van der Waals surface area (Å²) in [5, 5.41) is 24.8. The van der Waals surface area contributed by atoms with Gasteiger partial charge in [-0.25, -0.2) is 23.4 Å². The number of alkyl halides is 3. The van der Waals surface area contributed by atoms with E-state index in [1.807, 2.05) is 19.0 Å². The number of nitrogens with zero attached hydrogens (tertiary/aromatic N) is 8. The van der Waals surface area contributed by atoms with Gasteiger partial charge in [0.2, 0.25) is 0 Å². The van der Waals surface area contributed by atoms with Gasteiger partial charge in [0.15, 0.2) is 5.82 Å². The van der Waals surface area contributed by atoms with Gasteiger partial charge in [0, 0.05) is 36.7 Å². The third kappa shape index (κ3) is 7.04. The largest absolute Gasteiger partial charge is 0.504 e. The summed E-state index contributed by atoms with van der Waals surface area (Å²) in [5.74, 6) is 6.70. The first-order valence-corrected chi connectivity index (χ1v) is 15.9. The van der Waals surface area contributed by atoms with Crippen LogP contribution in [0.3, 0.4) is 0 Å². The van der Waals surface area contributed by atoms with Crippen molar-refractivity contribution in [3.05, 3.63) is 66.0 Å². The Morgan fingerprint density at radius 1 is 1.13 bits per heavy atom. The van der Waals surface area contributed by atoms with Crippen LogP contribution in [0.1, 0.15) is 48.4 Å². The molecule has 2 aliphatic rings. The van der Waals surface area contributed by atoms with Crippen LogP contribution in [0.2, 0.25) is 0 Å². The highest BCUT2D eigenvalue weighted by Gasteiger charge is 2.38. The third-order valence-corrected chi connectivity index (χ3v) is 9.64. The van der Waals surface area contributed by atoms with Crippen molar-refractivity contribution in [3.8, 4) is 23.2 Å². The lowest BCUT2D eigenvalue weighted by Crippen LogP contribution is -2.49. The molecule has 1 saturated heterocycles. The van der Waals surface area contributed by atoms with Crippen LogP contribution in [0.25, 0.3) is 11.4 Å². The van der Waals surface area contributed by atoms with Crippen LogP contribution in [0, 0.1) is 11.8 Å². The first kappa shape index (κ1) is 31.6. The zero-order valence-corrected chi connectivity index (χ0v) is 25.7. The topological polar surface area (TPSA) is 156 Å². The molecule has 17 heteroatoms. The number of hydrogen-bond donors (Lipinski definition) is 3. The number of halogens is 3. The van der Waals surface area contributed by atoms with E-state index in [2.05, 4.69) is 47.6 Å². The summed E-state index contributed by atoms with van der Waals surface area (Å²) in [7, 11) is 0.225. The molecule has 5 heterocycles. The van der Waals surface area contributed by atoms with Gasteiger partial charge in [0.25, 0.3) is 10.0 Å². The Hall–Kier alpha value is -4.37. The van der Waals surface area contributed by atoms with Gasteiger partial charge in [0.1, 0.15) is 11.6 Å². The molecule has 1 saturated carbocycles. The predicted molar refractivity (Wildman–Crippen MR) is 161 cm³/mol. The highest BCUT2D eigenvalue weighted by Crippen LogP contribution is 2.34. The molecule has 6 rings (SSSR count). The summed E-state index contributed by atoms with van der Waals surface area (Å²) in [6.07, 6.45) is 5.12. The minimum absolute atomic E-state index is 0.0768. The fourth-order valence-corrected chi connectivity index (χ4v) is 6.84. The molecule has 2 unspecified atom stereocenters. The van der Waals surface area contributed by atoms with Crippen LogP contribution in [0.15, 0.2) is 49.3 Å². The van der Waals surface area contributed by atoms with Crippen molar-refractivity contribution in [1.82, 2.24) is 44.1 Å². The molecule has 1 aliphatic heterocycles. The van der Waals surface area contributed by atoms with Gasteiger partial charge in [-0.05, 0) is 64.0 Å². The number of rotatable bonds is 8. The van der Waals surface area contributed by atoms with Gasteiger partial charge in [-0.2, -0.15) is 19.0 Å². The molecule has 0 aromatic carbocycles. The average molecular weight is 657 g/mol. The molecule has 0 bridgehead atoms. The number of nitrogens with one attached hydrogen (secondary N) is 2. The van der Waals surface area contributed by atoms with Crippen LogP contribution in [0.5, 0.6) is 0 Å². The van der Waals surface area contributed by atoms with Crippen molar-refractivity contribution < 1.29 is 26.7 Å². The molecule has 4 aromatic rings. The van der Waals surface area contributed by atoms with Gasteiger partial charge in [-0.1, -0.05) is 11.8 Å². The van der Waals surface area contributed by atoms with Crippen molar-refractivity contribution in [1.29, 1.82) is 0 Å². The van der Waals surface area contributed by atoms with Crippen LogP contribution in [-0.2, 0) is 16.3 Å². The summed E-state index contributed by atoms with van der Waals surface area (Å²) < 4.78 is 65.0. The molecule has 1 aliphatic carbocycles. The maximum atomic E-state index is 13.0. The highest BCUT2D eigenvalue weighted by atomic mass is 32.2. The molecule has 0 spiro atoms. The Labute approximate surface area is 262 Å². The van der Waals surface area contributed by atoms with Crippen molar-refractivity contribution in [2.45, 2.75) is 48.9 Å². The SMILES string of the molecule is CN(C)CC1(O)CCNC(c2cc(Nc3ccnc(-c4cnn(S(=O)(=O)C5CC5)c4)n3)ncc2C#Cc2cnn(C(F)(F)F)c2)C1. The molecular weight excluding hydrogens is 625 g/mol. The van der Waals surface area contributed by atoms with Crippen molar-refractivity contribution in [2.24, 2.45) is 0 Å². The van der Waals surface area contributed by atoms with Crippen molar-refractivity contribution in [2.75, 3.05) is 32.5 Å². The minimum Gasteiger partial charge on any atom is -0.388 e. The van der Waals surface area contributed by atoms with Crippen molar-refractivity contribution >= 4 is 21.7 Å². The Bertz CT molecular complexity index is 1910. The predicted octanol–water partition coefficient (Wildman–Crippen LogP) is 2.61. The lowest BCUT2D eigenvalue weighted by molar-refractivity contribution is -0.212. The number of hydrogen-bond acceptors (Lipinski definition) is 11. The Balaban J connectivity index is 1.29. The molecule has 46 heavy (non-hydrogen) atoms. The maximum Gasteiger partial charge on any atom is 0.504 e. The molecule has 2 fully saturated rings. The van der Waals surface area contributed by atoms with E-state index in [9.17, 15) is 26.7 Å². The number of piperidine rings is 1. The smallest absolute Gasteiger partial charge is 0.388 e. The van der Waals surface area contributed by atoms with E-state index in [1.165, 1.54) is 24.8 Å². The average Bonchev–Trinajstić information content (AvgIpc) is 3.53. The Kier molecular flexibility index (Phi) is 8.31. The van der Waals surface area contributed by atoms with Gasteiger partial charge in [-0.3, -0.25) is 0 Å². The molecule has 242 valence electrons. The Morgan fingerprint density at radius 3 is 2.65 bits per heavy atom. The second-order valence-electron chi connectivity index (χ2n) is 11.7. The van der Waals surface area contributed by atoms with Crippen LogP contribution in [-0.4, -0.2) is 90.4 Å². The van der Waals surface area contributed by atoms with Gasteiger partial charge in [-0.15, -0.1) is 13.2 Å². The molecule has 13 nitrogen and oxygen atoms in total. The second-order valence-corrected chi connectivity index (χ2v) is 13.8. The quantitative estimate of drug-likeness (QED) is 0.240. The lowest BCUT2D eigenvalue weighted by atomic mass is 9.83. The molecule has 4 aromatic heterocycles. The van der Waals surface area contributed by atoms with E-state index >= 15 is 0 Å². The Morgan fingerprint density at radius 2 is 1.93 bits per heavy atom. The fraction of sp³-hybridized carbons (Fsp3) is 0.414. The van der Waals surface area contributed by atoms with Gasteiger partial charge >= 0.3 is 6.30 Å². The van der Waals surface area contributed by atoms with Gasteiger partial charge in [0.05, 0.1) is 40.6 Å². The summed E-state index contributed by atoms with van der Waals surface area (Å²) in [5.41, 5.74) is 0.671. The number of pyridine rings is 1. The summed E-state index contributed by atoms with van der Waals surface area (Å²) in [6.45, 7) is 0.978. The highest BCUT2D eigenvalue weighted by molar-refractivity contribution is 7.90. The standard InChI is InChI=1S/C29H31F3N10O3S/c1-40(2)18-28(43)8-10-33-24(12-28)23-11-26(35-14-20(23)4-3-19-13-36-41(16-19)29(30,31)32)38-25-7-9-34-27(39-25)21-15-37-42(17-21)46(44,45)22-5-6-22/h7,9,11,13-17,22,24,33,43H,5-6,8,10,12,18H2,1-2H3,(H,34,35,38,39). The molecule has 0 radical (unpaired) electrons. The van der Waals surface area contributed by atoms with E-state index in [0.29, 0.717) is 67.1 Å². The number of anilines is 2. The molecule has 3 N–H and O–H groups in total.